The molecule has 142 valence electrons. The Bertz CT molecular complexity index is 794. The van der Waals surface area contributed by atoms with E-state index >= 15 is 0 Å². The summed E-state index contributed by atoms with van der Waals surface area (Å²) in [5.74, 6) is 0.349. The lowest BCUT2D eigenvalue weighted by Crippen LogP contribution is -2.51. The highest BCUT2D eigenvalue weighted by Crippen LogP contribution is 2.29. The van der Waals surface area contributed by atoms with Crippen LogP contribution in [-0.4, -0.2) is 48.1 Å². The predicted octanol–water partition coefficient (Wildman–Crippen LogP) is 3.15. The van der Waals surface area contributed by atoms with Crippen LogP contribution in [0.4, 0.5) is 5.69 Å². The lowest BCUT2D eigenvalue weighted by atomic mass is 9.83. The number of rotatable bonds is 4. The number of anilines is 1. The second-order valence-corrected chi connectivity index (χ2v) is 7.81. The second kappa shape index (κ2) is 7.83. The van der Waals surface area contributed by atoms with Crippen molar-refractivity contribution in [1.29, 1.82) is 0 Å². The Morgan fingerprint density at radius 3 is 2.26 bits per heavy atom. The molecular formula is C23H28N2O2. The molecule has 0 aromatic heterocycles. The van der Waals surface area contributed by atoms with Gasteiger partial charge in [0, 0.05) is 36.7 Å². The number of carbonyl (C=O) groups is 1. The lowest BCUT2D eigenvalue weighted by molar-refractivity contribution is 0.0239. The predicted molar refractivity (Wildman–Crippen MR) is 108 cm³/mol. The third kappa shape index (κ3) is 3.78. The van der Waals surface area contributed by atoms with Gasteiger partial charge in [-0.3, -0.25) is 9.69 Å². The molecule has 0 spiro atoms. The lowest BCUT2D eigenvalue weighted by Gasteiger charge is -2.41. The highest BCUT2D eigenvalue weighted by Gasteiger charge is 2.35. The van der Waals surface area contributed by atoms with E-state index < -0.39 is 0 Å². The molecule has 2 aliphatic rings. The van der Waals surface area contributed by atoms with E-state index in [0.717, 1.165) is 50.0 Å². The Labute approximate surface area is 161 Å². The molecule has 1 fully saturated rings. The SMILES string of the molecule is CNc1ccc(C(=O)C2CCN(C3Cc4ccccc4CC3O)CC2)cc1. The van der Waals surface area contributed by atoms with Crippen LogP contribution >= 0.6 is 0 Å². The Kier molecular flexibility index (Phi) is 5.28. The highest BCUT2D eigenvalue weighted by atomic mass is 16.3. The van der Waals surface area contributed by atoms with Crippen molar-refractivity contribution in [2.75, 3.05) is 25.5 Å². The molecular weight excluding hydrogens is 336 g/mol. The number of aliphatic hydroxyl groups is 1. The molecule has 1 aliphatic heterocycles. The van der Waals surface area contributed by atoms with Crippen molar-refractivity contribution in [2.24, 2.45) is 5.92 Å². The molecule has 4 heteroatoms. The van der Waals surface area contributed by atoms with Gasteiger partial charge < -0.3 is 10.4 Å². The van der Waals surface area contributed by atoms with Gasteiger partial charge in [0.1, 0.15) is 0 Å². The van der Waals surface area contributed by atoms with Gasteiger partial charge in [-0.05, 0) is 67.7 Å². The van der Waals surface area contributed by atoms with E-state index in [0.29, 0.717) is 0 Å². The number of aliphatic hydroxyl groups excluding tert-OH is 1. The molecule has 4 rings (SSSR count). The number of piperidine rings is 1. The quantitative estimate of drug-likeness (QED) is 0.819. The van der Waals surface area contributed by atoms with Gasteiger partial charge in [-0.15, -0.1) is 0 Å². The first-order valence-corrected chi connectivity index (χ1v) is 9.96. The van der Waals surface area contributed by atoms with Gasteiger partial charge in [0.25, 0.3) is 0 Å². The Balaban J connectivity index is 1.38. The van der Waals surface area contributed by atoms with Crippen molar-refractivity contribution in [3.63, 3.8) is 0 Å². The van der Waals surface area contributed by atoms with Gasteiger partial charge in [0.2, 0.25) is 0 Å². The van der Waals surface area contributed by atoms with E-state index in [-0.39, 0.29) is 23.8 Å². The zero-order valence-electron chi connectivity index (χ0n) is 15.9. The molecule has 4 nitrogen and oxygen atoms in total. The summed E-state index contributed by atoms with van der Waals surface area (Å²) in [4.78, 5) is 15.2. The summed E-state index contributed by atoms with van der Waals surface area (Å²) in [6.07, 6.45) is 3.06. The summed E-state index contributed by atoms with van der Waals surface area (Å²) in [7, 11) is 1.88. The van der Waals surface area contributed by atoms with E-state index in [1.54, 1.807) is 0 Å². The van der Waals surface area contributed by atoms with Gasteiger partial charge in [-0.2, -0.15) is 0 Å². The average molecular weight is 364 g/mol. The molecule has 2 aromatic carbocycles. The van der Waals surface area contributed by atoms with E-state index in [1.807, 2.05) is 37.4 Å². The third-order valence-corrected chi connectivity index (χ3v) is 6.25. The number of carbonyl (C=O) groups excluding carboxylic acids is 1. The zero-order chi connectivity index (χ0) is 18.8. The standard InChI is InChI=1S/C23H28N2O2/c1-24-20-8-6-16(7-9-20)23(27)17-10-12-25(13-11-17)21-14-18-4-2-3-5-19(18)15-22(21)26/h2-9,17,21-22,24,26H,10-15H2,1H3. The summed E-state index contributed by atoms with van der Waals surface area (Å²) in [6.45, 7) is 1.77. The van der Waals surface area contributed by atoms with Crippen LogP contribution < -0.4 is 5.32 Å². The van der Waals surface area contributed by atoms with Crippen molar-refractivity contribution < 1.29 is 9.90 Å². The molecule has 0 saturated carbocycles. The normalized spacial score (nSPS) is 23.6. The second-order valence-electron chi connectivity index (χ2n) is 7.81. The molecule has 0 amide bonds. The Morgan fingerprint density at radius 1 is 1.00 bits per heavy atom. The van der Waals surface area contributed by atoms with Gasteiger partial charge in [0.15, 0.2) is 5.78 Å². The van der Waals surface area contributed by atoms with Gasteiger partial charge in [-0.25, -0.2) is 0 Å². The summed E-state index contributed by atoms with van der Waals surface area (Å²) >= 11 is 0. The maximum absolute atomic E-state index is 12.8. The molecule has 0 bridgehead atoms. The zero-order valence-corrected chi connectivity index (χ0v) is 15.9. The minimum absolute atomic E-state index is 0.0923. The highest BCUT2D eigenvalue weighted by molar-refractivity contribution is 5.98. The number of nitrogens with zero attached hydrogens (tertiary/aromatic N) is 1. The first kappa shape index (κ1) is 18.2. The van der Waals surface area contributed by atoms with Crippen LogP contribution in [0.3, 0.4) is 0 Å². The van der Waals surface area contributed by atoms with Gasteiger partial charge in [-0.1, -0.05) is 24.3 Å². The molecule has 27 heavy (non-hydrogen) atoms. The van der Waals surface area contributed by atoms with Crippen LogP contribution in [0.1, 0.15) is 34.3 Å². The number of likely N-dealkylation sites (tertiary alicyclic amines) is 1. The van der Waals surface area contributed by atoms with Gasteiger partial charge >= 0.3 is 0 Å². The number of nitrogens with one attached hydrogen (secondary N) is 1. The van der Waals surface area contributed by atoms with Crippen LogP contribution in [0.25, 0.3) is 0 Å². The fourth-order valence-electron chi connectivity index (χ4n) is 4.58. The third-order valence-electron chi connectivity index (χ3n) is 6.25. The number of ketones is 1. The molecule has 2 N–H and O–H groups in total. The average Bonchev–Trinajstić information content (AvgIpc) is 2.73. The van der Waals surface area contributed by atoms with Crippen LogP contribution in [0, 0.1) is 5.92 Å². The van der Waals surface area contributed by atoms with Crippen molar-refractivity contribution >= 4 is 11.5 Å². The van der Waals surface area contributed by atoms with E-state index in [4.69, 9.17) is 0 Å². The number of fused-ring (bicyclic) bond motifs is 1. The van der Waals surface area contributed by atoms with Gasteiger partial charge in [0.05, 0.1) is 6.10 Å². The monoisotopic (exact) mass is 364 g/mol. The van der Waals surface area contributed by atoms with Crippen molar-refractivity contribution in [3.8, 4) is 0 Å². The Morgan fingerprint density at radius 2 is 1.63 bits per heavy atom. The summed E-state index contributed by atoms with van der Waals surface area (Å²) < 4.78 is 0. The molecule has 1 aliphatic carbocycles. The van der Waals surface area contributed by atoms with Crippen LogP contribution in [-0.2, 0) is 12.8 Å². The number of benzene rings is 2. The molecule has 2 aromatic rings. The molecule has 1 heterocycles. The fourth-order valence-corrected chi connectivity index (χ4v) is 4.58. The van der Waals surface area contributed by atoms with Crippen LogP contribution in [0.2, 0.25) is 0 Å². The molecule has 0 radical (unpaired) electrons. The first-order valence-electron chi connectivity index (χ1n) is 9.96. The first-order chi connectivity index (χ1) is 13.2. The minimum atomic E-state index is -0.318. The van der Waals surface area contributed by atoms with E-state index in [2.05, 4.69) is 28.4 Å². The largest absolute Gasteiger partial charge is 0.391 e. The number of hydrogen-bond acceptors (Lipinski definition) is 4. The molecule has 2 unspecified atom stereocenters. The van der Waals surface area contributed by atoms with Crippen molar-refractivity contribution in [3.05, 3.63) is 65.2 Å². The number of hydrogen-bond donors (Lipinski definition) is 2. The number of Topliss-reactive ketones (excluding diaryl/α,β-unsaturated/α-hetero) is 1. The fraction of sp³-hybridized carbons (Fsp3) is 0.435. The molecule has 2 atom stereocenters. The Hall–Kier alpha value is -2.17. The summed E-state index contributed by atoms with van der Waals surface area (Å²) in [5.41, 5.74) is 4.46. The summed E-state index contributed by atoms with van der Waals surface area (Å²) in [5, 5.41) is 13.7. The summed E-state index contributed by atoms with van der Waals surface area (Å²) in [6, 6.07) is 16.4. The van der Waals surface area contributed by atoms with Crippen molar-refractivity contribution in [1.82, 2.24) is 4.90 Å². The maximum atomic E-state index is 12.8. The smallest absolute Gasteiger partial charge is 0.166 e. The van der Waals surface area contributed by atoms with Crippen LogP contribution in [0.5, 0.6) is 0 Å². The van der Waals surface area contributed by atoms with E-state index in [1.165, 1.54) is 11.1 Å². The topological polar surface area (TPSA) is 52.6 Å². The van der Waals surface area contributed by atoms with E-state index in [9.17, 15) is 9.90 Å². The van der Waals surface area contributed by atoms with Crippen molar-refractivity contribution in [2.45, 2.75) is 37.8 Å². The minimum Gasteiger partial charge on any atom is -0.391 e. The molecule has 1 saturated heterocycles. The van der Waals surface area contributed by atoms with Crippen LogP contribution in [0.15, 0.2) is 48.5 Å². The maximum Gasteiger partial charge on any atom is 0.166 e.